The molecule has 5 nitrogen and oxygen atoms in total. The van der Waals surface area contributed by atoms with Gasteiger partial charge in [-0.2, -0.15) is 9.67 Å². The van der Waals surface area contributed by atoms with Crippen LogP contribution in [0.5, 0.6) is 0 Å². The topological polar surface area (TPSA) is 48.0 Å². The van der Waals surface area contributed by atoms with Crippen molar-refractivity contribution < 1.29 is 0 Å². The maximum Gasteiger partial charge on any atom is 0.195 e. The van der Waals surface area contributed by atoms with Crippen LogP contribution in [0.15, 0.2) is 35.8 Å². The molecule has 19 heavy (non-hydrogen) atoms. The Morgan fingerprint density at radius 2 is 2.16 bits per heavy atom. The van der Waals surface area contributed by atoms with Gasteiger partial charge in [0.1, 0.15) is 5.52 Å². The fraction of sp³-hybridized carbons (Fsp3) is 0.0833. The molecule has 3 heterocycles. The molecule has 0 unspecified atom stereocenters. The van der Waals surface area contributed by atoms with E-state index in [1.807, 2.05) is 35.8 Å². The number of aromatic nitrogens is 5. The normalized spacial score (nSPS) is 11.6. The van der Waals surface area contributed by atoms with E-state index in [4.69, 9.17) is 0 Å². The van der Waals surface area contributed by atoms with Crippen molar-refractivity contribution in [3.05, 3.63) is 41.5 Å². The zero-order valence-electron chi connectivity index (χ0n) is 9.69. The van der Waals surface area contributed by atoms with Crippen LogP contribution in [0.25, 0.3) is 21.8 Å². The lowest BCUT2D eigenvalue weighted by Crippen LogP contribution is -2.01. The van der Waals surface area contributed by atoms with Gasteiger partial charge in [0.05, 0.1) is 11.2 Å². The van der Waals surface area contributed by atoms with Crippen LogP contribution in [0.2, 0.25) is 0 Å². The number of halogens is 1. The van der Waals surface area contributed by atoms with E-state index in [9.17, 15) is 0 Å². The molecule has 0 aliphatic heterocycles. The summed E-state index contributed by atoms with van der Waals surface area (Å²) in [7, 11) is 0. The molecule has 0 fully saturated rings. The van der Waals surface area contributed by atoms with Crippen molar-refractivity contribution in [3.8, 4) is 5.82 Å². The number of para-hydroxylation sites is 1. The molecule has 3 aromatic heterocycles. The summed E-state index contributed by atoms with van der Waals surface area (Å²) in [6.45, 7) is 0. The van der Waals surface area contributed by atoms with Gasteiger partial charge in [-0.05, 0) is 12.1 Å². The van der Waals surface area contributed by atoms with Gasteiger partial charge >= 0.3 is 0 Å². The van der Waals surface area contributed by atoms with E-state index in [2.05, 4.69) is 35.6 Å². The zero-order chi connectivity index (χ0) is 12.8. The Labute approximate surface area is 120 Å². The average molecular weight is 334 g/mol. The number of thiazole rings is 1. The molecule has 0 bridgehead atoms. The Hall–Kier alpha value is -1.73. The molecule has 0 radical (unpaired) electrons. The Morgan fingerprint density at radius 1 is 1.26 bits per heavy atom. The highest BCUT2D eigenvalue weighted by Gasteiger charge is 2.16. The van der Waals surface area contributed by atoms with Gasteiger partial charge in [-0.3, -0.25) is 4.40 Å². The smallest absolute Gasteiger partial charge is 0.195 e. The first-order valence-corrected chi connectivity index (χ1v) is 7.70. The summed E-state index contributed by atoms with van der Waals surface area (Å²) in [6.07, 6.45) is 2.02. The van der Waals surface area contributed by atoms with Crippen molar-refractivity contribution in [1.29, 1.82) is 0 Å². The van der Waals surface area contributed by atoms with Crippen molar-refractivity contribution in [2.75, 3.05) is 0 Å². The van der Waals surface area contributed by atoms with Gasteiger partial charge < -0.3 is 0 Å². The van der Waals surface area contributed by atoms with Crippen LogP contribution < -0.4 is 0 Å². The third-order valence-corrected chi connectivity index (χ3v) is 4.31. The molecule has 0 aliphatic rings. The van der Waals surface area contributed by atoms with Crippen LogP contribution in [0, 0.1) is 0 Å². The van der Waals surface area contributed by atoms with Crippen LogP contribution in [0.3, 0.4) is 0 Å². The molecule has 0 atom stereocenters. The number of nitrogens with zero attached hydrogens (tertiary/aromatic N) is 5. The molecule has 1 aromatic carbocycles. The summed E-state index contributed by atoms with van der Waals surface area (Å²) in [5, 5.41) is 11.1. The molecule has 4 aromatic rings. The van der Waals surface area contributed by atoms with Crippen LogP contribution in [-0.2, 0) is 5.33 Å². The monoisotopic (exact) mass is 333 g/mol. The summed E-state index contributed by atoms with van der Waals surface area (Å²) in [4.78, 5) is 5.61. The van der Waals surface area contributed by atoms with Crippen molar-refractivity contribution in [3.63, 3.8) is 0 Å². The van der Waals surface area contributed by atoms with E-state index in [1.54, 1.807) is 16.0 Å². The number of benzene rings is 1. The first-order chi connectivity index (χ1) is 9.38. The van der Waals surface area contributed by atoms with Gasteiger partial charge in [0.25, 0.3) is 0 Å². The summed E-state index contributed by atoms with van der Waals surface area (Å²) < 4.78 is 3.87. The van der Waals surface area contributed by atoms with Crippen molar-refractivity contribution >= 4 is 43.3 Å². The van der Waals surface area contributed by atoms with Gasteiger partial charge in [0, 0.05) is 16.9 Å². The minimum Gasteiger partial charge on any atom is -0.292 e. The molecule has 0 aliphatic carbocycles. The van der Waals surface area contributed by atoms with Gasteiger partial charge in [-0.15, -0.1) is 16.4 Å². The second kappa shape index (κ2) is 4.14. The number of alkyl halides is 1. The quantitative estimate of drug-likeness (QED) is 0.530. The molecule has 0 saturated carbocycles. The Bertz CT molecular complexity index is 875. The summed E-state index contributed by atoms with van der Waals surface area (Å²) in [6, 6.07) is 7.89. The lowest BCUT2D eigenvalue weighted by Gasteiger charge is -2.00. The molecule has 7 heteroatoms. The van der Waals surface area contributed by atoms with Crippen molar-refractivity contribution in [2.24, 2.45) is 0 Å². The number of hydrogen-bond acceptors (Lipinski definition) is 4. The van der Waals surface area contributed by atoms with E-state index >= 15 is 0 Å². The van der Waals surface area contributed by atoms with Gasteiger partial charge in [-0.25, -0.2) is 0 Å². The van der Waals surface area contributed by atoms with Gasteiger partial charge in [0.2, 0.25) is 0 Å². The Morgan fingerprint density at radius 3 is 3.05 bits per heavy atom. The molecule has 94 valence electrons. The lowest BCUT2D eigenvalue weighted by atomic mass is 10.3. The minimum absolute atomic E-state index is 0.717. The summed E-state index contributed by atoms with van der Waals surface area (Å²) >= 11 is 5.14. The minimum atomic E-state index is 0.717. The van der Waals surface area contributed by atoms with Crippen LogP contribution in [-0.4, -0.2) is 24.4 Å². The van der Waals surface area contributed by atoms with Gasteiger partial charge in [0.15, 0.2) is 10.8 Å². The summed E-state index contributed by atoms with van der Waals surface area (Å²) in [5.74, 6) is 0.831. The van der Waals surface area contributed by atoms with Crippen LogP contribution in [0.4, 0.5) is 0 Å². The SMILES string of the molecule is BrCc1c(-n2nnc3ccccc32)nc2sccn12. The average Bonchev–Trinajstić information content (AvgIpc) is 3.11. The van der Waals surface area contributed by atoms with Crippen molar-refractivity contribution in [2.45, 2.75) is 5.33 Å². The molecule has 0 saturated heterocycles. The second-order valence-electron chi connectivity index (χ2n) is 4.06. The van der Waals surface area contributed by atoms with Gasteiger partial charge in [-0.1, -0.05) is 33.3 Å². The maximum atomic E-state index is 4.65. The van der Waals surface area contributed by atoms with E-state index < -0.39 is 0 Å². The predicted octanol–water partition coefficient (Wildman–Crippen LogP) is 3.02. The largest absolute Gasteiger partial charge is 0.292 e. The van der Waals surface area contributed by atoms with Crippen LogP contribution >= 0.6 is 27.3 Å². The van der Waals surface area contributed by atoms with Crippen LogP contribution in [0.1, 0.15) is 5.69 Å². The molecular formula is C12H8BrN5S. The number of fused-ring (bicyclic) bond motifs is 2. The molecule has 0 N–H and O–H groups in total. The summed E-state index contributed by atoms with van der Waals surface area (Å²) in [5.41, 5.74) is 2.92. The lowest BCUT2D eigenvalue weighted by molar-refractivity contribution is 0.799. The Kier molecular flexibility index (Phi) is 2.42. The fourth-order valence-corrected chi connectivity index (χ4v) is 3.39. The van der Waals surface area contributed by atoms with Crippen molar-refractivity contribution in [1.82, 2.24) is 24.4 Å². The fourth-order valence-electron chi connectivity index (χ4n) is 2.14. The third-order valence-electron chi connectivity index (χ3n) is 3.02. The Balaban J connectivity index is 2.06. The molecule has 0 amide bonds. The number of imidazole rings is 1. The van der Waals surface area contributed by atoms with E-state index in [0.717, 1.165) is 27.5 Å². The molecule has 0 spiro atoms. The highest BCUT2D eigenvalue weighted by atomic mass is 79.9. The van der Waals surface area contributed by atoms with E-state index in [0.29, 0.717) is 5.33 Å². The highest BCUT2D eigenvalue weighted by molar-refractivity contribution is 9.08. The highest BCUT2D eigenvalue weighted by Crippen LogP contribution is 2.24. The predicted molar refractivity (Wildman–Crippen MR) is 78.1 cm³/mol. The maximum absolute atomic E-state index is 4.65. The third kappa shape index (κ3) is 1.55. The molecule has 4 rings (SSSR count). The number of rotatable bonds is 2. The van der Waals surface area contributed by atoms with E-state index in [-0.39, 0.29) is 0 Å². The standard InChI is InChI=1S/C12H8BrN5S/c13-7-10-11(14-12-17(10)5-6-19-12)18-9-4-2-1-3-8(9)15-16-18/h1-6H,7H2. The first-order valence-electron chi connectivity index (χ1n) is 5.69. The van der Waals surface area contributed by atoms with E-state index in [1.165, 1.54) is 0 Å². The first kappa shape index (κ1) is 11.1. The zero-order valence-corrected chi connectivity index (χ0v) is 12.1. The number of hydrogen-bond donors (Lipinski definition) is 0. The molecular weight excluding hydrogens is 326 g/mol. The second-order valence-corrected chi connectivity index (χ2v) is 5.50.